The Morgan fingerprint density at radius 1 is 1.14 bits per heavy atom. The van der Waals surface area contributed by atoms with Crippen molar-refractivity contribution < 1.29 is 14.6 Å². The van der Waals surface area contributed by atoms with Crippen LogP contribution in [0, 0.1) is 5.92 Å². The zero-order chi connectivity index (χ0) is 16.5. The summed E-state index contributed by atoms with van der Waals surface area (Å²) in [6.07, 6.45) is 0.488. The number of carbonyl (C=O) groups excluding carboxylic acids is 1. The van der Waals surface area contributed by atoms with Crippen molar-refractivity contribution in [2.75, 3.05) is 6.54 Å². The number of nitrogens with one attached hydrogen (secondary N) is 2. The number of carbonyl (C=O) groups is 1. The molecule has 0 aliphatic rings. The van der Waals surface area contributed by atoms with Gasteiger partial charge < -0.3 is 20.5 Å². The van der Waals surface area contributed by atoms with Crippen LogP contribution in [0.2, 0.25) is 0 Å². The van der Waals surface area contributed by atoms with Crippen LogP contribution in [0.5, 0.6) is 5.75 Å². The van der Waals surface area contributed by atoms with Gasteiger partial charge in [0.05, 0.1) is 12.2 Å². The normalized spacial score (nSPS) is 13.5. The first kappa shape index (κ1) is 18.3. The molecule has 2 amide bonds. The highest BCUT2D eigenvalue weighted by Gasteiger charge is 2.08. The van der Waals surface area contributed by atoms with E-state index in [9.17, 15) is 9.90 Å². The van der Waals surface area contributed by atoms with Gasteiger partial charge in [0.1, 0.15) is 5.75 Å². The molecule has 0 saturated carbocycles. The van der Waals surface area contributed by atoms with Crippen LogP contribution in [0.25, 0.3) is 0 Å². The van der Waals surface area contributed by atoms with Gasteiger partial charge in [0.25, 0.3) is 0 Å². The third-order valence-corrected chi connectivity index (χ3v) is 3.10. The summed E-state index contributed by atoms with van der Waals surface area (Å²) in [5.41, 5.74) is 1.02. The van der Waals surface area contributed by atoms with E-state index in [0.717, 1.165) is 11.3 Å². The van der Waals surface area contributed by atoms with E-state index in [0.29, 0.717) is 19.5 Å². The molecule has 5 nitrogen and oxygen atoms in total. The maximum Gasteiger partial charge on any atom is 0.315 e. The highest BCUT2D eigenvalue weighted by molar-refractivity contribution is 5.73. The van der Waals surface area contributed by atoms with E-state index in [2.05, 4.69) is 10.6 Å². The molecular formula is C17H28N2O3. The predicted octanol–water partition coefficient (Wildman–Crippen LogP) is 2.68. The largest absolute Gasteiger partial charge is 0.491 e. The van der Waals surface area contributed by atoms with Crippen LogP contribution in [-0.2, 0) is 6.54 Å². The van der Waals surface area contributed by atoms with E-state index in [1.54, 1.807) is 6.92 Å². The van der Waals surface area contributed by atoms with Gasteiger partial charge in [-0.1, -0.05) is 19.1 Å². The molecule has 0 aliphatic heterocycles. The molecular weight excluding hydrogens is 280 g/mol. The first-order valence-electron chi connectivity index (χ1n) is 7.82. The van der Waals surface area contributed by atoms with Crippen molar-refractivity contribution in [3.63, 3.8) is 0 Å². The molecule has 0 aliphatic carbocycles. The summed E-state index contributed by atoms with van der Waals surface area (Å²) >= 11 is 0. The molecule has 0 fully saturated rings. The summed E-state index contributed by atoms with van der Waals surface area (Å²) in [5.74, 6) is 1.08. The number of aliphatic hydroxyl groups is 1. The molecule has 1 aromatic rings. The molecule has 124 valence electrons. The smallest absolute Gasteiger partial charge is 0.315 e. The van der Waals surface area contributed by atoms with Crippen molar-refractivity contribution in [1.29, 1.82) is 0 Å². The minimum atomic E-state index is -0.341. The second-order valence-corrected chi connectivity index (χ2v) is 6.06. The van der Waals surface area contributed by atoms with Crippen LogP contribution < -0.4 is 15.4 Å². The molecule has 0 aromatic heterocycles. The summed E-state index contributed by atoms with van der Waals surface area (Å²) in [6.45, 7) is 8.75. The topological polar surface area (TPSA) is 70.6 Å². The number of hydrogen-bond donors (Lipinski definition) is 3. The third-order valence-electron chi connectivity index (χ3n) is 3.10. The van der Waals surface area contributed by atoms with E-state index in [1.807, 2.05) is 45.0 Å². The molecule has 2 atom stereocenters. The van der Waals surface area contributed by atoms with E-state index in [1.165, 1.54) is 0 Å². The average Bonchev–Trinajstić information content (AvgIpc) is 2.43. The Kier molecular flexibility index (Phi) is 7.74. The SMILES string of the molecule is CC(O)CC(C)CNC(=O)NCc1ccc(OC(C)C)cc1. The van der Waals surface area contributed by atoms with Crippen LogP contribution in [0.3, 0.4) is 0 Å². The zero-order valence-corrected chi connectivity index (χ0v) is 13.9. The first-order valence-corrected chi connectivity index (χ1v) is 7.82. The minimum Gasteiger partial charge on any atom is -0.491 e. The highest BCUT2D eigenvalue weighted by atomic mass is 16.5. The van der Waals surface area contributed by atoms with Gasteiger partial charge in [0.2, 0.25) is 0 Å². The van der Waals surface area contributed by atoms with Gasteiger partial charge in [-0.25, -0.2) is 4.79 Å². The van der Waals surface area contributed by atoms with Crippen molar-refractivity contribution >= 4 is 6.03 Å². The molecule has 0 radical (unpaired) electrons. The van der Waals surface area contributed by atoms with Crippen LogP contribution >= 0.6 is 0 Å². The maximum absolute atomic E-state index is 11.7. The number of amides is 2. The van der Waals surface area contributed by atoms with Gasteiger partial charge in [0.15, 0.2) is 0 Å². The number of benzene rings is 1. The summed E-state index contributed by atoms with van der Waals surface area (Å²) in [6, 6.07) is 7.49. The third kappa shape index (κ3) is 7.88. The molecule has 3 N–H and O–H groups in total. The monoisotopic (exact) mass is 308 g/mol. The lowest BCUT2D eigenvalue weighted by molar-refractivity contribution is 0.163. The van der Waals surface area contributed by atoms with Crippen molar-refractivity contribution in [2.24, 2.45) is 5.92 Å². The highest BCUT2D eigenvalue weighted by Crippen LogP contribution is 2.13. The first-order chi connectivity index (χ1) is 10.4. The molecule has 0 saturated heterocycles. The van der Waals surface area contributed by atoms with Gasteiger partial charge in [-0.2, -0.15) is 0 Å². The molecule has 0 heterocycles. The summed E-state index contributed by atoms with van der Waals surface area (Å²) in [5, 5.41) is 14.9. The lowest BCUT2D eigenvalue weighted by Crippen LogP contribution is -2.37. The average molecular weight is 308 g/mol. The van der Waals surface area contributed by atoms with E-state index in [4.69, 9.17) is 4.74 Å². The van der Waals surface area contributed by atoms with Crippen molar-refractivity contribution in [3.8, 4) is 5.75 Å². The number of hydrogen-bond acceptors (Lipinski definition) is 3. The molecule has 1 rings (SSSR count). The molecule has 22 heavy (non-hydrogen) atoms. The quantitative estimate of drug-likeness (QED) is 0.691. The summed E-state index contributed by atoms with van der Waals surface area (Å²) in [4.78, 5) is 11.7. The van der Waals surface area contributed by atoms with Gasteiger partial charge in [-0.3, -0.25) is 0 Å². The number of aliphatic hydroxyl groups excluding tert-OH is 1. The van der Waals surface area contributed by atoms with Gasteiger partial charge in [-0.15, -0.1) is 0 Å². The Morgan fingerprint density at radius 3 is 2.32 bits per heavy atom. The van der Waals surface area contributed by atoms with Crippen LogP contribution in [0.15, 0.2) is 24.3 Å². The fourth-order valence-electron chi connectivity index (χ4n) is 2.14. The van der Waals surface area contributed by atoms with Crippen LogP contribution in [0.1, 0.15) is 39.7 Å². The maximum atomic E-state index is 11.7. The molecule has 1 aromatic carbocycles. The Morgan fingerprint density at radius 2 is 1.77 bits per heavy atom. The van der Waals surface area contributed by atoms with Crippen molar-refractivity contribution in [2.45, 2.75) is 52.9 Å². The Bertz CT molecular complexity index is 444. The van der Waals surface area contributed by atoms with Gasteiger partial charge >= 0.3 is 6.03 Å². The lowest BCUT2D eigenvalue weighted by atomic mass is 10.1. The van der Waals surface area contributed by atoms with E-state index in [-0.39, 0.29) is 24.2 Å². The van der Waals surface area contributed by atoms with Crippen molar-refractivity contribution in [3.05, 3.63) is 29.8 Å². The van der Waals surface area contributed by atoms with Gasteiger partial charge in [-0.05, 0) is 50.8 Å². The molecule has 0 bridgehead atoms. The Labute approximate surface area is 133 Å². The standard InChI is InChI=1S/C17H28N2O3/c1-12(2)22-16-7-5-15(6-8-16)11-19-17(21)18-10-13(3)9-14(4)20/h5-8,12-14,20H,9-11H2,1-4H3,(H2,18,19,21). The van der Waals surface area contributed by atoms with Crippen LogP contribution in [-0.4, -0.2) is 29.9 Å². The van der Waals surface area contributed by atoms with Gasteiger partial charge in [0, 0.05) is 13.1 Å². The Balaban J connectivity index is 2.29. The number of urea groups is 1. The lowest BCUT2D eigenvalue weighted by Gasteiger charge is -2.15. The second kappa shape index (κ2) is 9.30. The number of ether oxygens (including phenoxy) is 1. The van der Waals surface area contributed by atoms with E-state index < -0.39 is 0 Å². The summed E-state index contributed by atoms with van der Waals surface area (Å²) in [7, 11) is 0. The van der Waals surface area contributed by atoms with E-state index >= 15 is 0 Å². The fraction of sp³-hybridized carbons (Fsp3) is 0.588. The molecule has 0 spiro atoms. The molecule has 2 unspecified atom stereocenters. The van der Waals surface area contributed by atoms with Crippen molar-refractivity contribution in [1.82, 2.24) is 10.6 Å². The predicted molar refractivity (Wildman–Crippen MR) is 87.9 cm³/mol. The fourth-order valence-corrected chi connectivity index (χ4v) is 2.14. The van der Waals surface area contributed by atoms with Crippen LogP contribution in [0.4, 0.5) is 4.79 Å². The zero-order valence-electron chi connectivity index (χ0n) is 13.9. The number of rotatable bonds is 8. The minimum absolute atomic E-state index is 0.151. The Hall–Kier alpha value is -1.75. The second-order valence-electron chi connectivity index (χ2n) is 6.06. The summed E-state index contributed by atoms with van der Waals surface area (Å²) < 4.78 is 5.57. The molecule has 5 heteroatoms.